The molecule has 1 aromatic carbocycles. The van der Waals surface area contributed by atoms with Crippen LogP contribution in [0.15, 0.2) is 22.7 Å². The largest absolute Gasteiger partial charge is 0.496 e. The number of ether oxygens (including phenoxy) is 1. The van der Waals surface area contributed by atoms with Crippen molar-refractivity contribution in [3.63, 3.8) is 0 Å². The summed E-state index contributed by atoms with van der Waals surface area (Å²) in [5, 5.41) is 13.7. The van der Waals surface area contributed by atoms with E-state index in [9.17, 15) is 9.90 Å². The van der Waals surface area contributed by atoms with Gasteiger partial charge in [0.2, 0.25) is 5.89 Å². The number of carbonyl (C=O) groups is 1. The molecule has 1 N–H and O–H groups in total. The molecule has 0 spiro atoms. The molecule has 0 bridgehead atoms. The minimum atomic E-state index is -0.948. The smallest absolute Gasteiger partial charge is 0.325 e. The van der Waals surface area contributed by atoms with Gasteiger partial charge in [0, 0.05) is 12.0 Å². The quantitative estimate of drug-likeness (QED) is 0.794. The average Bonchev–Trinajstić information content (AvgIpc) is 3.01. The molecule has 0 amide bonds. The molecule has 0 saturated heterocycles. The molecule has 2 aromatic rings. The molecule has 0 radical (unpaired) electrons. The van der Waals surface area contributed by atoms with Gasteiger partial charge >= 0.3 is 5.97 Å². The van der Waals surface area contributed by atoms with Crippen LogP contribution in [0.2, 0.25) is 0 Å². The summed E-state index contributed by atoms with van der Waals surface area (Å²) in [4.78, 5) is 18.0. The van der Waals surface area contributed by atoms with Gasteiger partial charge in [0.15, 0.2) is 5.82 Å². The first-order valence-electron chi connectivity index (χ1n) is 7.92. The van der Waals surface area contributed by atoms with Gasteiger partial charge in [-0.1, -0.05) is 36.7 Å². The SMILES string of the molecule is CCc1noc(CN(CC)[C@@H](C(=O)O)c2cc(C)ccc2OC)n1. The lowest BCUT2D eigenvalue weighted by atomic mass is 10.0. The Labute approximate surface area is 141 Å². The zero-order chi connectivity index (χ0) is 17.7. The van der Waals surface area contributed by atoms with Crippen LogP contribution in [-0.4, -0.2) is 39.8 Å². The van der Waals surface area contributed by atoms with Gasteiger partial charge < -0.3 is 14.4 Å². The van der Waals surface area contributed by atoms with Gasteiger partial charge in [0.25, 0.3) is 0 Å². The second-order valence-corrected chi connectivity index (χ2v) is 5.51. The van der Waals surface area contributed by atoms with E-state index in [0.29, 0.717) is 36.0 Å². The summed E-state index contributed by atoms with van der Waals surface area (Å²) >= 11 is 0. The standard InChI is InChI=1S/C17H23N3O4/c1-5-14-18-15(24-19-14)10-20(6-2)16(17(21)22)12-9-11(3)7-8-13(12)23-4/h7-9,16H,5-6,10H2,1-4H3,(H,21,22)/t16-/m1/s1. The minimum absolute atomic E-state index is 0.261. The molecular weight excluding hydrogens is 310 g/mol. The first-order chi connectivity index (χ1) is 11.5. The van der Waals surface area contributed by atoms with E-state index in [4.69, 9.17) is 9.26 Å². The molecular formula is C17H23N3O4. The number of rotatable bonds is 8. The van der Waals surface area contributed by atoms with E-state index in [1.807, 2.05) is 32.9 Å². The molecule has 0 aliphatic carbocycles. The lowest BCUT2D eigenvalue weighted by Crippen LogP contribution is -2.34. The maximum absolute atomic E-state index is 12.0. The van der Waals surface area contributed by atoms with Gasteiger partial charge in [0.1, 0.15) is 11.8 Å². The van der Waals surface area contributed by atoms with Crippen molar-refractivity contribution in [2.45, 2.75) is 39.8 Å². The molecule has 1 atom stereocenters. The maximum atomic E-state index is 12.0. The van der Waals surface area contributed by atoms with Crippen LogP contribution in [0.3, 0.4) is 0 Å². The number of methoxy groups -OCH3 is 1. The highest BCUT2D eigenvalue weighted by molar-refractivity contribution is 5.77. The Bertz CT molecular complexity index is 699. The number of hydrogen-bond donors (Lipinski definition) is 1. The van der Waals surface area contributed by atoms with Crippen LogP contribution in [0.5, 0.6) is 5.75 Å². The van der Waals surface area contributed by atoms with Gasteiger partial charge in [-0.3, -0.25) is 9.69 Å². The van der Waals surface area contributed by atoms with Crippen molar-refractivity contribution in [2.75, 3.05) is 13.7 Å². The molecule has 0 saturated carbocycles. The molecule has 0 aliphatic heterocycles. The van der Waals surface area contributed by atoms with Crippen LogP contribution < -0.4 is 4.74 Å². The highest BCUT2D eigenvalue weighted by atomic mass is 16.5. The average molecular weight is 333 g/mol. The third-order valence-electron chi connectivity index (χ3n) is 3.85. The van der Waals surface area contributed by atoms with Crippen molar-refractivity contribution in [2.24, 2.45) is 0 Å². The van der Waals surface area contributed by atoms with Gasteiger partial charge in [-0.25, -0.2) is 0 Å². The Morgan fingerprint density at radius 2 is 2.17 bits per heavy atom. The number of carboxylic acid groups (broad SMARTS) is 1. The zero-order valence-electron chi connectivity index (χ0n) is 14.4. The highest BCUT2D eigenvalue weighted by Gasteiger charge is 2.30. The fraction of sp³-hybridized carbons (Fsp3) is 0.471. The fourth-order valence-corrected chi connectivity index (χ4v) is 2.61. The van der Waals surface area contributed by atoms with Crippen LogP contribution in [0.4, 0.5) is 0 Å². The number of carboxylic acids is 1. The second-order valence-electron chi connectivity index (χ2n) is 5.51. The monoisotopic (exact) mass is 333 g/mol. The minimum Gasteiger partial charge on any atom is -0.496 e. The van der Waals surface area contributed by atoms with Crippen molar-refractivity contribution in [1.29, 1.82) is 0 Å². The summed E-state index contributed by atoms with van der Waals surface area (Å²) in [6.45, 7) is 6.53. The number of benzene rings is 1. The highest BCUT2D eigenvalue weighted by Crippen LogP contribution is 2.31. The summed E-state index contributed by atoms with van der Waals surface area (Å²) in [5.41, 5.74) is 1.58. The molecule has 1 aromatic heterocycles. The summed E-state index contributed by atoms with van der Waals surface area (Å²) < 4.78 is 10.6. The van der Waals surface area contributed by atoms with Crippen LogP contribution in [-0.2, 0) is 17.8 Å². The Balaban J connectivity index is 2.37. The Hall–Kier alpha value is -2.41. The molecule has 1 heterocycles. The number of nitrogens with zero attached hydrogens (tertiary/aromatic N) is 3. The van der Waals surface area contributed by atoms with E-state index in [2.05, 4.69) is 10.1 Å². The molecule has 0 fully saturated rings. The third kappa shape index (κ3) is 3.91. The summed E-state index contributed by atoms with van der Waals surface area (Å²) in [7, 11) is 1.54. The van der Waals surface area contributed by atoms with Crippen molar-refractivity contribution < 1.29 is 19.2 Å². The maximum Gasteiger partial charge on any atom is 0.325 e. The number of likely N-dealkylation sites (N-methyl/N-ethyl adjacent to an activating group) is 1. The topological polar surface area (TPSA) is 88.7 Å². The van der Waals surface area contributed by atoms with Gasteiger partial charge in [-0.05, 0) is 19.5 Å². The van der Waals surface area contributed by atoms with E-state index in [1.165, 1.54) is 7.11 Å². The molecule has 0 unspecified atom stereocenters. The summed E-state index contributed by atoms with van der Waals surface area (Å²) in [5.74, 6) is 0.620. The number of aromatic nitrogens is 2. The van der Waals surface area contributed by atoms with Gasteiger partial charge in [0.05, 0.1) is 13.7 Å². The Morgan fingerprint density at radius 1 is 1.42 bits per heavy atom. The first-order valence-corrected chi connectivity index (χ1v) is 7.92. The van der Waals surface area contributed by atoms with Crippen LogP contribution >= 0.6 is 0 Å². The van der Waals surface area contributed by atoms with Crippen molar-refractivity contribution in [1.82, 2.24) is 15.0 Å². The molecule has 2 rings (SSSR count). The molecule has 130 valence electrons. The summed E-state index contributed by atoms with van der Waals surface area (Å²) in [6.07, 6.45) is 0.670. The predicted molar refractivity (Wildman–Crippen MR) is 87.9 cm³/mol. The zero-order valence-corrected chi connectivity index (χ0v) is 14.4. The molecule has 7 heteroatoms. The molecule has 24 heavy (non-hydrogen) atoms. The van der Waals surface area contributed by atoms with Gasteiger partial charge in [-0.2, -0.15) is 4.98 Å². The normalized spacial score (nSPS) is 12.4. The predicted octanol–water partition coefficient (Wildman–Crippen LogP) is 2.60. The lowest BCUT2D eigenvalue weighted by Gasteiger charge is -2.27. The van der Waals surface area contributed by atoms with E-state index in [-0.39, 0.29) is 6.54 Å². The van der Waals surface area contributed by atoms with Crippen molar-refractivity contribution >= 4 is 5.97 Å². The van der Waals surface area contributed by atoms with E-state index < -0.39 is 12.0 Å². The van der Waals surface area contributed by atoms with Crippen LogP contribution in [0, 0.1) is 6.92 Å². The number of aliphatic carboxylic acids is 1. The van der Waals surface area contributed by atoms with Gasteiger partial charge in [-0.15, -0.1) is 0 Å². The number of aryl methyl sites for hydroxylation is 2. The Morgan fingerprint density at radius 3 is 2.71 bits per heavy atom. The van der Waals surface area contributed by atoms with Crippen molar-refractivity contribution in [3.8, 4) is 5.75 Å². The second kappa shape index (κ2) is 7.92. The molecule has 0 aliphatic rings. The lowest BCUT2D eigenvalue weighted by molar-refractivity contribution is -0.144. The van der Waals surface area contributed by atoms with E-state index >= 15 is 0 Å². The fourth-order valence-electron chi connectivity index (χ4n) is 2.61. The van der Waals surface area contributed by atoms with Crippen LogP contribution in [0.1, 0.15) is 42.7 Å². The van der Waals surface area contributed by atoms with E-state index in [0.717, 1.165) is 5.56 Å². The first kappa shape index (κ1) is 17.9. The summed E-state index contributed by atoms with van der Waals surface area (Å²) in [6, 6.07) is 4.66. The van der Waals surface area contributed by atoms with E-state index in [1.54, 1.807) is 11.0 Å². The molecule has 7 nitrogen and oxygen atoms in total. The van der Waals surface area contributed by atoms with Crippen LogP contribution in [0.25, 0.3) is 0 Å². The Kier molecular flexibility index (Phi) is 5.92. The third-order valence-corrected chi connectivity index (χ3v) is 3.85. The number of hydrogen-bond acceptors (Lipinski definition) is 6. The van der Waals surface area contributed by atoms with Crippen molar-refractivity contribution in [3.05, 3.63) is 41.0 Å².